The number of pyridine rings is 1. The van der Waals surface area contributed by atoms with Gasteiger partial charge in [-0.3, -0.25) is 14.8 Å². The Labute approximate surface area is 200 Å². The number of aromatic nitrogens is 2. The molecule has 0 atom stereocenters. The van der Waals surface area contributed by atoms with Crippen LogP contribution in [0.2, 0.25) is 0 Å². The van der Waals surface area contributed by atoms with Crippen molar-refractivity contribution >= 4 is 16.9 Å². The SMILES string of the molecule is CCOC(=O)c1c(CN2CCCC2)n(C)c2cc(-c3ccncc3)c(O)c(CN3CCCC3)c12. The maximum atomic E-state index is 13.4. The maximum Gasteiger partial charge on any atom is 0.340 e. The molecule has 2 fully saturated rings. The molecular weight excluding hydrogens is 428 g/mol. The van der Waals surface area contributed by atoms with Gasteiger partial charge in [0.2, 0.25) is 0 Å². The van der Waals surface area contributed by atoms with E-state index >= 15 is 0 Å². The number of carbonyl (C=O) groups excluding carboxylic acids is 1. The second kappa shape index (κ2) is 9.76. The van der Waals surface area contributed by atoms with Gasteiger partial charge in [-0.1, -0.05) is 0 Å². The Morgan fingerprint density at radius 2 is 1.65 bits per heavy atom. The lowest BCUT2D eigenvalue weighted by Crippen LogP contribution is -2.22. The Morgan fingerprint density at radius 3 is 2.26 bits per heavy atom. The van der Waals surface area contributed by atoms with E-state index in [1.54, 1.807) is 12.4 Å². The molecule has 5 rings (SSSR count). The Morgan fingerprint density at radius 1 is 1.03 bits per heavy atom. The summed E-state index contributed by atoms with van der Waals surface area (Å²) < 4.78 is 7.70. The molecule has 7 heteroatoms. The summed E-state index contributed by atoms with van der Waals surface area (Å²) in [4.78, 5) is 22.3. The molecular formula is C27H34N4O3. The summed E-state index contributed by atoms with van der Waals surface area (Å²) in [5.41, 5.74) is 5.03. The molecule has 0 aliphatic carbocycles. The number of phenolic OH excluding ortho intramolecular Hbond substituents is 1. The Kier molecular flexibility index (Phi) is 6.57. The van der Waals surface area contributed by atoms with Crippen LogP contribution in [0.1, 0.15) is 54.2 Å². The normalized spacial score (nSPS) is 17.1. The molecule has 0 amide bonds. The first-order valence-electron chi connectivity index (χ1n) is 12.5. The minimum Gasteiger partial charge on any atom is -0.507 e. The first-order chi connectivity index (χ1) is 16.6. The Bertz CT molecular complexity index is 1180. The summed E-state index contributed by atoms with van der Waals surface area (Å²) >= 11 is 0. The van der Waals surface area contributed by atoms with Gasteiger partial charge in [0.15, 0.2) is 0 Å². The lowest BCUT2D eigenvalue weighted by molar-refractivity contribution is 0.0526. The van der Waals surface area contributed by atoms with E-state index < -0.39 is 0 Å². The molecule has 0 radical (unpaired) electrons. The van der Waals surface area contributed by atoms with E-state index in [9.17, 15) is 9.90 Å². The second-order valence-electron chi connectivity index (χ2n) is 9.45. The molecule has 1 N–H and O–H groups in total. The summed E-state index contributed by atoms with van der Waals surface area (Å²) in [5.74, 6) is -0.0597. The van der Waals surface area contributed by atoms with E-state index in [4.69, 9.17) is 4.74 Å². The zero-order valence-electron chi connectivity index (χ0n) is 20.2. The molecule has 7 nitrogen and oxygen atoms in total. The fourth-order valence-corrected chi connectivity index (χ4v) is 5.54. The van der Waals surface area contributed by atoms with Crippen molar-refractivity contribution in [2.24, 2.45) is 7.05 Å². The summed E-state index contributed by atoms with van der Waals surface area (Å²) in [6.07, 6.45) is 8.18. The molecule has 4 heterocycles. The van der Waals surface area contributed by atoms with Crippen LogP contribution in [0.15, 0.2) is 30.6 Å². The summed E-state index contributed by atoms with van der Waals surface area (Å²) in [7, 11) is 2.03. The van der Waals surface area contributed by atoms with Crippen molar-refractivity contribution < 1.29 is 14.6 Å². The van der Waals surface area contributed by atoms with Crippen LogP contribution in [0.25, 0.3) is 22.0 Å². The van der Waals surface area contributed by atoms with Crippen LogP contribution in [0, 0.1) is 0 Å². The number of carbonyl (C=O) groups is 1. The number of phenols is 1. The predicted octanol–water partition coefficient (Wildman–Crippen LogP) is 4.31. The number of likely N-dealkylation sites (tertiary alicyclic amines) is 2. The van der Waals surface area contributed by atoms with Crippen molar-refractivity contribution in [2.75, 3.05) is 32.8 Å². The van der Waals surface area contributed by atoms with E-state index in [1.165, 1.54) is 12.8 Å². The van der Waals surface area contributed by atoms with Gasteiger partial charge < -0.3 is 14.4 Å². The molecule has 0 unspecified atom stereocenters. The molecule has 3 aromatic rings. The number of aromatic hydroxyl groups is 1. The van der Waals surface area contributed by atoms with E-state index in [2.05, 4.69) is 19.4 Å². The highest BCUT2D eigenvalue weighted by Crippen LogP contribution is 2.42. The van der Waals surface area contributed by atoms with Gasteiger partial charge in [0.25, 0.3) is 0 Å². The van der Waals surface area contributed by atoms with Gasteiger partial charge in [-0.2, -0.15) is 0 Å². The molecule has 0 spiro atoms. The molecule has 0 saturated carbocycles. The number of hydrogen-bond acceptors (Lipinski definition) is 6. The third kappa shape index (κ3) is 4.18. The highest BCUT2D eigenvalue weighted by molar-refractivity contribution is 6.09. The third-order valence-corrected chi connectivity index (χ3v) is 7.31. The van der Waals surface area contributed by atoms with Gasteiger partial charge in [-0.15, -0.1) is 0 Å². The average molecular weight is 463 g/mol. The number of nitrogens with zero attached hydrogens (tertiary/aromatic N) is 4. The van der Waals surface area contributed by atoms with Gasteiger partial charge in [0.1, 0.15) is 5.75 Å². The van der Waals surface area contributed by atoms with Gasteiger partial charge in [0, 0.05) is 54.7 Å². The van der Waals surface area contributed by atoms with Crippen molar-refractivity contribution in [3.8, 4) is 16.9 Å². The smallest absolute Gasteiger partial charge is 0.340 e. The third-order valence-electron chi connectivity index (χ3n) is 7.31. The van der Waals surface area contributed by atoms with Crippen LogP contribution >= 0.6 is 0 Å². The van der Waals surface area contributed by atoms with Crippen molar-refractivity contribution in [1.82, 2.24) is 19.4 Å². The fraction of sp³-hybridized carbons (Fsp3) is 0.481. The number of esters is 1. The summed E-state index contributed by atoms with van der Waals surface area (Å²) in [6, 6.07) is 5.85. The summed E-state index contributed by atoms with van der Waals surface area (Å²) in [6.45, 7) is 7.56. The standard InChI is InChI=1S/C27H34N4O3/c1-3-34-27(33)25-23(18-31-14-6-7-15-31)29(2)22-16-20(19-8-10-28-11-9-19)26(32)21(24(22)25)17-30-12-4-5-13-30/h8-11,16,32H,3-7,12-15,17-18H2,1-2H3. The minimum atomic E-state index is -0.305. The molecule has 2 aromatic heterocycles. The number of fused-ring (bicyclic) bond motifs is 1. The van der Waals surface area contributed by atoms with Crippen LogP contribution < -0.4 is 0 Å². The fourth-order valence-electron chi connectivity index (χ4n) is 5.54. The van der Waals surface area contributed by atoms with Crippen LogP contribution in [0.5, 0.6) is 5.75 Å². The van der Waals surface area contributed by atoms with Gasteiger partial charge in [0.05, 0.1) is 17.7 Å². The van der Waals surface area contributed by atoms with Crippen LogP contribution in [-0.4, -0.2) is 63.2 Å². The van der Waals surface area contributed by atoms with Crippen molar-refractivity contribution in [1.29, 1.82) is 0 Å². The number of aryl methyl sites for hydroxylation is 1. The van der Waals surface area contributed by atoms with Gasteiger partial charge >= 0.3 is 5.97 Å². The molecule has 0 bridgehead atoms. The monoisotopic (exact) mass is 462 g/mol. The topological polar surface area (TPSA) is 70.8 Å². The minimum absolute atomic E-state index is 0.245. The first kappa shape index (κ1) is 22.9. The van der Waals surface area contributed by atoms with Crippen LogP contribution in [0.4, 0.5) is 0 Å². The zero-order valence-corrected chi connectivity index (χ0v) is 20.2. The lowest BCUT2D eigenvalue weighted by atomic mass is 9.96. The average Bonchev–Trinajstić information content (AvgIpc) is 3.59. The summed E-state index contributed by atoms with van der Waals surface area (Å²) in [5, 5.41) is 12.4. The van der Waals surface area contributed by atoms with E-state index in [0.717, 1.165) is 72.3 Å². The highest BCUT2D eigenvalue weighted by atomic mass is 16.5. The molecule has 2 saturated heterocycles. The molecule has 34 heavy (non-hydrogen) atoms. The van der Waals surface area contributed by atoms with Gasteiger partial charge in [-0.05, 0) is 82.5 Å². The lowest BCUT2D eigenvalue weighted by Gasteiger charge is -2.19. The maximum absolute atomic E-state index is 13.4. The van der Waals surface area contributed by atoms with Gasteiger partial charge in [-0.25, -0.2) is 4.79 Å². The largest absolute Gasteiger partial charge is 0.507 e. The molecule has 2 aliphatic rings. The second-order valence-corrected chi connectivity index (χ2v) is 9.45. The molecule has 180 valence electrons. The van der Waals surface area contributed by atoms with Crippen molar-refractivity contribution in [3.05, 3.63) is 47.4 Å². The number of ether oxygens (including phenoxy) is 1. The molecule has 1 aromatic carbocycles. The quantitative estimate of drug-likeness (QED) is 0.528. The van der Waals surface area contributed by atoms with E-state index in [0.29, 0.717) is 25.3 Å². The number of benzene rings is 1. The van der Waals surface area contributed by atoms with Crippen LogP contribution in [-0.2, 0) is 24.9 Å². The first-order valence-corrected chi connectivity index (χ1v) is 12.5. The number of hydrogen-bond donors (Lipinski definition) is 1. The van der Waals surface area contributed by atoms with Crippen LogP contribution in [0.3, 0.4) is 0 Å². The molecule has 2 aliphatic heterocycles. The zero-order chi connectivity index (χ0) is 23.7. The Hall–Kier alpha value is -2.90. The van der Waals surface area contributed by atoms with Crippen molar-refractivity contribution in [2.45, 2.75) is 45.7 Å². The van der Waals surface area contributed by atoms with E-state index in [-0.39, 0.29) is 11.7 Å². The Balaban J connectivity index is 1.76. The predicted molar refractivity (Wildman–Crippen MR) is 133 cm³/mol. The van der Waals surface area contributed by atoms with Crippen molar-refractivity contribution in [3.63, 3.8) is 0 Å². The highest BCUT2D eigenvalue weighted by Gasteiger charge is 2.30. The number of rotatable bonds is 7. The van der Waals surface area contributed by atoms with E-state index in [1.807, 2.05) is 32.2 Å².